The third-order valence-electron chi connectivity index (χ3n) is 3.65. The van der Waals surface area contributed by atoms with Gasteiger partial charge in [0.25, 0.3) is 0 Å². The molecule has 0 spiro atoms. The van der Waals surface area contributed by atoms with Gasteiger partial charge in [0.2, 0.25) is 0 Å². The van der Waals surface area contributed by atoms with E-state index in [1.54, 1.807) is 12.4 Å². The average Bonchev–Trinajstić information content (AvgIpc) is 2.50. The molecule has 1 unspecified atom stereocenters. The number of halogens is 1. The van der Waals surface area contributed by atoms with Crippen molar-refractivity contribution in [3.63, 3.8) is 0 Å². The van der Waals surface area contributed by atoms with E-state index >= 15 is 0 Å². The molecule has 0 saturated heterocycles. The molecule has 2 nitrogen and oxygen atoms in total. The molecule has 1 heterocycles. The smallest absolute Gasteiger partial charge is 0.0640 e. The molecule has 1 atom stereocenters. The zero-order valence-electron chi connectivity index (χ0n) is 12.9. The highest BCUT2D eigenvalue weighted by atomic mass is 35.5. The van der Waals surface area contributed by atoms with Crippen LogP contribution in [-0.4, -0.2) is 11.5 Å². The van der Waals surface area contributed by atoms with Gasteiger partial charge in [-0.25, -0.2) is 0 Å². The number of aromatic nitrogens is 1. The zero-order valence-corrected chi connectivity index (χ0v) is 13.7. The molecule has 0 aliphatic carbocycles. The van der Waals surface area contributed by atoms with Crippen LogP contribution in [0.2, 0.25) is 5.02 Å². The van der Waals surface area contributed by atoms with Gasteiger partial charge in [0, 0.05) is 12.4 Å². The van der Waals surface area contributed by atoms with Gasteiger partial charge in [-0.2, -0.15) is 0 Å². The molecule has 0 fully saturated rings. The van der Waals surface area contributed by atoms with Crippen LogP contribution < -0.4 is 5.32 Å². The molecule has 2 aromatic rings. The standard InChI is InChI=1S/C18H23ClN2/c1-4-10-21-18(16-9-11-20-12-17(16)19)15-7-5-14(6-8-15)13(2)3/h5-9,11-13,18,21H,4,10H2,1-3H3. The molecule has 0 radical (unpaired) electrons. The number of rotatable bonds is 6. The van der Waals surface area contributed by atoms with Crippen molar-refractivity contribution < 1.29 is 0 Å². The van der Waals surface area contributed by atoms with Crippen LogP contribution >= 0.6 is 11.6 Å². The summed E-state index contributed by atoms with van der Waals surface area (Å²) < 4.78 is 0. The fourth-order valence-corrected chi connectivity index (χ4v) is 2.62. The van der Waals surface area contributed by atoms with E-state index in [4.69, 9.17) is 11.6 Å². The lowest BCUT2D eigenvalue weighted by atomic mass is 9.95. The molecule has 1 N–H and O–H groups in total. The molecule has 3 heteroatoms. The van der Waals surface area contributed by atoms with Crippen molar-refractivity contribution in [2.24, 2.45) is 0 Å². The molecule has 2 rings (SSSR count). The fraction of sp³-hybridized carbons (Fsp3) is 0.389. The molecule has 0 bridgehead atoms. The Hall–Kier alpha value is -1.38. The maximum Gasteiger partial charge on any atom is 0.0640 e. The molecule has 112 valence electrons. The Kier molecular flexibility index (Phi) is 5.77. The van der Waals surface area contributed by atoms with E-state index in [0.29, 0.717) is 10.9 Å². The number of nitrogens with zero attached hydrogens (tertiary/aromatic N) is 1. The van der Waals surface area contributed by atoms with Crippen molar-refractivity contribution in [1.82, 2.24) is 10.3 Å². The first-order valence-electron chi connectivity index (χ1n) is 7.56. The van der Waals surface area contributed by atoms with Gasteiger partial charge in [-0.3, -0.25) is 4.98 Å². The minimum absolute atomic E-state index is 0.113. The monoisotopic (exact) mass is 302 g/mol. The molecule has 0 amide bonds. The Balaban J connectivity index is 2.33. The number of hydrogen-bond donors (Lipinski definition) is 1. The second kappa shape index (κ2) is 7.58. The van der Waals surface area contributed by atoms with E-state index in [9.17, 15) is 0 Å². The molecule has 21 heavy (non-hydrogen) atoms. The van der Waals surface area contributed by atoms with Crippen molar-refractivity contribution in [1.29, 1.82) is 0 Å². The van der Waals surface area contributed by atoms with Gasteiger partial charge >= 0.3 is 0 Å². The van der Waals surface area contributed by atoms with Crippen LogP contribution in [-0.2, 0) is 0 Å². The average molecular weight is 303 g/mol. The summed E-state index contributed by atoms with van der Waals surface area (Å²) in [6.45, 7) is 7.54. The van der Waals surface area contributed by atoms with Crippen LogP contribution in [0.3, 0.4) is 0 Å². The molecular formula is C18H23ClN2. The van der Waals surface area contributed by atoms with Crippen LogP contribution in [0, 0.1) is 0 Å². The van der Waals surface area contributed by atoms with Gasteiger partial charge < -0.3 is 5.32 Å². The van der Waals surface area contributed by atoms with Crippen LogP contribution in [0.5, 0.6) is 0 Å². The quantitative estimate of drug-likeness (QED) is 0.817. The summed E-state index contributed by atoms with van der Waals surface area (Å²) in [6, 6.07) is 10.9. The lowest BCUT2D eigenvalue weighted by Gasteiger charge is -2.21. The summed E-state index contributed by atoms with van der Waals surface area (Å²) >= 11 is 6.33. The van der Waals surface area contributed by atoms with Gasteiger partial charge in [-0.05, 0) is 41.6 Å². The zero-order chi connectivity index (χ0) is 15.2. The lowest BCUT2D eigenvalue weighted by Crippen LogP contribution is -2.23. The highest BCUT2D eigenvalue weighted by molar-refractivity contribution is 6.31. The summed E-state index contributed by atoms with van der Waals surface area (Å²) in [6.07, 6.45) is 4.59. The molecule has 1 aromatic heterocycles. The first-order chi connectivity index (χ1) is 10.1. The van der Waals surface area contributed by atoms with E-state index < -0.39 is 0 Å². The van der Waals surface area contributed by atoms with Gasteiger partial charge in [0.15, 0.2) is 0 Å². The maximum absolute atomic E-state index is 6.33. The summed E-state index contributed by atoms with van der Waals surface area (Å²) in [4.78, 5) is 4.08. The predicted molar refractivity (Wildman–Crippen MR) is 89.9 cm³/mol. The SMILES string of the molecule is CCCNC(c1ccc(C(C)C)cc1)c1ccncc1Cl. The van der Waals surface area contributed by atoms with E-state index in [0.717, 1.165) is 18.5 Å². The number of hydrogen-bond acceptors (Lipinski definition) is 2. The molecule has 1 aromatic carbocycles. The molecule has 0 aliphatic heterocycles. The summed E-state index contributed by atoms with van der Waals surface area (Å²) in [5.74, 6) is 0.547. The molecule has 0 aliphatic rings. The molecule has 0 saturated carbocycles. The van der Waals surface area contributed by atoms with Crippen molar-refractivity contribution in [3.8, 4) is 0 Å². The number of benzene rings is 1. The minimum Gasteiger partial charge on any atom is -0.306 e. The van der Waals surface area contributed by atoms with Gasteiger partial charge in [-0.15, -0.1) is 0 Å². The Bertz CT molecular complexity index is 564. The number of pyridine rings is 1. The largest absolute Gasteiger partial charge is 0.306 e. The lowest BCUT2D eigenvalue weighted by molar-refractivity contribution is 0.598. The Labute approximate surface area is 132 Å². The highest BCUT2D eigenvalue weighted by Gasteiger charge is 2.16. The summed E-state index contributed by atoms with van der Waals surface area (Å²) in [5.41, 5.74) is 3.67. The van der Waals surface area contributed by atoms with Crippen LogP contribution in [0.25, 0.3) is 0 Å². The van der Waals surface area contributed by atoms with E-state index in [-0.39, 0.29) is 6.04 Å². The summed E-state index contributed by atoms with van der Waals surface area (Å²) in [7, 11) is 0. The Morgan fingerprint density at radius 3 is 2.33 bits per heavy atom. The fourth-order valence-electron chi connectivity index (χ4n) is 2.39. The third kappa shape index (κ3) is 4.05. The maximum atomic E-state index is 6.33. The van der Waals surface area contributed by atoms with Crippen LogP contribution in [0.1, 0.15) is 55.8 Å². The van der Waals surface area contributed by atoms with Crippen molar-refractivity contribution in [2.75, 3.05) is 6.54 Å². The normalized spacial score (nSPS) is 12.6. The van der Waals surface area contributed by atoms with Crippen molar-refractivity contribution in [2.45, 2.75) is 39.2 Å². The number of nitrogens with one attached hydrogen (secondary N) is 1. The second-order valence-electron chi connectivity index (χ2n) is 5.61. The van der Waals surface area contributed by atoms with Crippen molar-refractivity contribution in [3.05, 3.63) is 64.4 Å². The third-order valence-corrected chi connectivity index (χ3v) is 3.97. The van der Waals surface area contributed by atoms with Gasteiger partial charge in [-0.1, -0.05) is 56.6 Å². The predicted octanol–water partition coefficient (Wildman–Crippen LogP) is 4.95. The summed E-state index contributed by atoms with van der Waals surface area (Å²) in [5, 5.41) is 4.29. The van der Waals surface area contributed by atoms with E-state index in [1.807, 2.05) is 6.07 Å². The van der Waals surface area contributed by atoms with Gasteiger partial charge in [0.05, 0.1) is 11.1 Å². The van der Waals surface area contributed by atoms with Crippen LogP contribution in [0.4, 0.5) is 0 Å². The highest BCUT2D eigenvalue weighted by Crippen LogP contribution is 2.28. The Morgan fingerprint density at radius 2 is 1.76 bits per heavy atom. The van der Waals surface area contributed by atoms with Crippen LogP contribution in [0.15, 0.2) is 42.7 Å². The Morgan fingerprint density at radius 1 is 1.10 bits per heavy atom. The van der Waals surface area contributed by atoms with E-state index in [2.05, 4.69) is 55.3 Å². The van der Waals surface area contributed by atoms with E-state index in [1.165, 1.54) is 11.1 Å². The topological polar surface area (TPSA) is 24.9 Å². The molecular weight excluding hydrogens is 280 g/mol. The second-order valence-corrected chi connectivity index (χ2v) is 6.01. The first kappa shape index (κ1) is 16.0. The van der Waals surface area contributed by atoms with Crippen molar-refractivity contribution >= 4 is 11.6 Å². The minimum atomic E-state index is 0.113. The van der Waals surface area contributed by atoms with Gasteiger partial charge in [0.1, 0.15) is 0 Å². The first-order valence-corrected chi connectivity index (χ1v) is 7.94.